The van der Waals surface area contributed by atoms with Crippen molar-refractivity contribution in [2.75, 3.05) is 19.6 Å². The van der Waals surface area contributed by atoms with Crippen LogP contribution >= 0.6 is 11.6 Å². The van der Waals surface area contributed by atoms with E-state index in [0.717, 1.165) is 44.3 Å². The summed E-state index contributed by atoms with van der Waals surface area (Å²) in [5.74, 6) is 1.03. The summed E-state index contributed by atoms with van der Waals surface area (Å²) in [7, 11) is 0. The van der Waals surface area contributed by atoms with Crippen LogP contribution in [-0.2, 0) is 4.79 Å². The fourth-order valence-corrected chi connectivity index (χ4v) is 4.71. The number of unbranched alkanes of at least 4 members (excludes halogenated alkanes) is 1. The van der Waals surface area contributed by atoms with E-state index in [4.69, 9.17) is 16.0 Å². The zero-order valence-corrected chi connectivity index (χ0v) is 21.6. The van der Waals surface area contributed by atoms with Crippen LogP contribution in [-0.4, -0.2) is 48.6 Å². The first kappa shape index (κ1) is 26.6. The number of amides is 2. The zero-order valence-electron chi connectivity index (χ0n) is 20.9. The third-order valence-corrected chi connectivity index (χ3v) is 6.70. The van der Waals surface area contributed by atoms with Gasteiger partial charge < -0.3 is 9.73 Å². The molecule has 1 aliphatic heterocycles. The first-order valence-electron chi connectivity index (χ1n) is 12.9. The highest BCUT2D eigenvalue weighted by Crippen LogP contribution is 2.24. The summed E-state index contributed by atoms with van der Waals surface area (Å²) >= 11 is 6.07. The topological polar surface area (TPSA) is 86.9 Å². The largest absolute Gasteiger partial charge is 0.455 e. The molecule has 0 aliphatic carbocycles. The van der Waals surface area contributed by atoms with Gasteiger partial charge in [0.15, 0.2) is 0 Å². The Bertz CT molecular complexity index is 1190. The second-order valence-electron chi connectivity index (χ2n) is 9.18. The molecule has 2 heterocycles. The highest BCUT2D eigenvalue weighted by molar-refractivity contribution is 6.30. The van der Waals surface area contributed by atoms with Gasteiger partial charge in [-0.2, -0.15) is 5.10 Å². The Kier molecular flexibility index (Phi) is 9.91. The van der Waals surface area contributed by atoms with E-state index in [1.165, 1.54) is 12.6 Å². The molecule has 0 spiro atoms. The molecule has 2 amide bonds. The van der Waals surface area contributed by atoms with E-state index in [-0.39, 0.29) is 17.9 Å². The van der Waals surface area contributed by atoms with Gasteiger partial charge >= 0.3 is 0 Å². The molecular weight excluding hydrogens is 488 g/mol. The van der Waals surface area contributed by atoms with Crippen LogP contribution < -0.4 is 10.7 Å². The quantitative estimate of drug-likeness (QED) is 0.198. The number of piperidine rings is 1. The standard InChI is InChI=1S/C29H33ClN4O3/c30-24-13-9-12-23(20-24)27-16-15-25(37-27)21-32-33-29(36)26(34-18-7-2-8-19-34)14-5-6-17-31-28(35)22-10-3-1-4-11-22/h1,3-4,9-13,15-16,20-21,26H,2,5-8,14,17-19H2,(H,31,35)(H,33,36)/b32-21+. The summed E-state index contributed by atoms with van der Waals surface area (Å²) in [6, 6.07) is 20.0. The number of hydrogen-bond acceptors (Lipinski definition) is 5. The summed E-state index contributed by atoms with van der Waals surface area (Å²) in [6.07, 6.45) is 7.24. The van der Waals surface area contributed by atoms with Gasteiger partial charge in [-0.25, -0.2) is 5.43 Å². The van der Waals surface area contributed by atoms with E-state index in [2.05, 4.69) is 20.7 Å². The van der Waals surface area contributed by atoms with Crippen molar-refractivity contribution in [1.29, 1.82) is 0 Å². The Morgan fingerprint density at radius 3 is 2.59 bits per heavy atom. The summed E-state index contributed by atoms with van der Waals surface area (Å²) < 4.78 is 5.82. The van der Waals surface area contributed by atoms with Crippen LogP contribution in [0.2, 0.25) is 5.02 Å². The summed E-state index contributed by atoms with van der Waals surface area (Å²) in [5.41, 5.74) is 4.24. The molecule has 0 bridgehead atoms. The van der Waals surface area contributed by atoms with Crippen LogP contribution in [0.15, 0.2) is 76.2 Å². The average molecular weight is 521 g/mol. The van der Waals surface area contributed by atoms with Crippen molar-refractivity contribution in [1.82, 2.24) is 15.6 Å². The molecule has 194 valence electrons. The Labute approximate surface area is 222 Å². The van der Waals surface area contributed by atoms with Crippen molar-refractivity contribution in [3.8, 4) is 11.3 Å². The third kappa shape index (κ3) is 8.03. The highest BCUT2D eigenvalue weighted by atomic mass is 35.5. The van der Waals surface area contributed by atoms with Gasteiger partial charge in [-0.1, -0.05) is 48.4 Å². The van der Waals surface area contributed by atoms with Crippen molar-refractivity contribution < 1.29 is 14.0 Å². The predicted molar refractivity (Wildman–Crippen MR) is 147 cm³/mol. The maximum absolute atomic E-state index is 13.1. The van der Waals surface area contributed by atoms with Crippen LogP contribution in [0.4, 0.5) is 0 Å². The van der Waals surface area contributed by atoms with E-state index in [1.54, 1.807) is 18.2 Å². The third-order valence-electron chi connectivity index (χ3n) is 6.46. The number of carbonyl (C=O) groups excluding carboxylic acids is 2. The van der Waals surface area contributed by atoms with E-state index >= 15 is 0 Å². The van der Waals surface area contributed by atoms with Gasteiger partial charge in [-0.3, -0.25) is 14.5 Å². The number of nitrogens with zero attached hydrogens (tertiary/aromatic N) is 2. The zero-order chi connectivity index (χ0) is 25.9. The number of carbonyl (C=O) groups is 2. The first-order chi connectivity index (χ1) is 18.1. The fourth-order valence-electron chi connectivity index (χ4n) is 4.52. The number of benzene rings is 2. The first-order valence-corrected chi connectivity index (χ1v) is 13.2. The molecule has 3 aromatic rings. The molecule has 37 heavy (non-hydrogen) atoms. The van der Waals surface area contributed by atoms with Gasteiger partial charge in [0.1, 0.15) is 11.5 Å². The van der Waals surface area contributed by atoms with Crippen LogP contribution in [0.3, 0.4) is 0 Å². The molecule has 1 aromatic heterocycles. The molecule has 1 atom stereocenters. The molecule has 1 saturated heterocycles. The Morgan fingerprint density at radius 2 is 1.81 bits per heavy atom. The van der Waals surface area contributed by atoms with Crippen molar-refractivity contribution in [3.05, 3.63) is 83.1 Å². The minimum absolute atomic E-state index is 0.0725. The number of hydrogen-bond donors (Lipinski definition) is 2. The molecule has 7 nitrogen and oxygen atoms in total. The van der Waals surface area contributed by atoms with E-state index in [9.17, 15) is 9.59 Å². The average Bonchev–Trinajstić information content (AvgIpc) is 3.40. The SMILES string of the molecule is O=C(NCCCCC(C(=O)N/N=C/c1ccc(-c2cccc(Cl)c2)o1)N1CCCCC1)c1ccccc1. The normalized spacial score (nSPS) is 14.9. The second-order valence-corrected chi connectivity index (χ2v) is 9.61. The fraction of sp³-hybridized carbons (Fsp3) is 0.345. The van der Waals surface area contributed by atoms with Gasteiger partial charge in [0, 0.05) is 22.7 Å². The maximum atomic E-state index is 13.1. The molecule has 1 unspecified atom stereocenters. The lowest BCUT2D eigenvalue weighted by Crippen LogP contribution is -2.47. The molecule has 0 radical (unpaired) electrons. The molecule has 8 heteroatoms. The van der Waals surface area contributed by atoms with E-state index in [1.807, 2.05) is 48.5 Å². The summed E-state index contributed by atoms with van der Waals surface area (Å²) in [4.78, 5) is 27.5. The molecule has 1 aliphatic rings. The van der Waals surface area contributed by atoms with Crippen molar-refractivity contribution >= 4 is 29.6 Å². The Morgan fingerprint density at radius 1 is 1.00 bits per heavy atom. The van der Waals surface area contributed by atoms with Crippen LogP contribution in [0.1, 0.15) is 54.6 Å². The van der Waals surface area contributed by atoms with Crippen LogP contribution in [0.25, 0.3) is 11.3 Å². The number of halogens is 1. The predicted octanol–water partition coefficient (Wildman–Crippen LogP) is 5.50. The lowest BCUT2D eigenvalue weighted by atomic mass is 10.0. The number of hydrazone groups is 1. The highest BCUT2D eigenvalue weighted by Gasteiger charge is 2.26. The molecule has 0 saturated carbocycles. The molecule has 1 fully saturated rings. The van der Waals surface area contributed by atoms with Gasteiger partial charge in [-0.15, -0.1) is 0 Å². The van der Waals surface area contributed by atoms with Gasteiger partial charge in [0.2, 0.25) is 0 Å². The van der Waals surface area contributed by atoms with Gasteiger partial charge in [0.25, 0.3) is 11.8 Å². The van der Waals surface area contributed by atoms with Crippen molar-refractivity contribution in [3.63, 3.8) is 0 Å². The minimum Gasteiger partial charge on any atom is -0.455 e. The lowest BCUT2D eigenvalue weighted by molar-refractivity contribution is -0.127. The van der Waals surface area contributed by atoms with Crippen LogP contribution in [0, 0.1) is 0 Å². The Hall–Kier alpha value is -3.42. The summed E-state index contributed by atoms with van der Waals surface area (Å²) in [5, 5.41) is 7.75. The molecule has 2 N–H and O–H groups in total. The lowest BCUT2D eigenvalue weighted by Gasteiger charge is -2.33. The maximum Gasteiger partial charge on any atom is 0.257 e. The minimum atomic E-state index is -0.249. The van der Waals surface area contributed by atoms with E-state index < -0.39 is 0 Å². The van der Waals surface area contributed by atoms with Gasteiger partial charge in [-0.05, 0) is 81.6 Å². The van der Waals surface area contributed by atoms with E-state index in [0.29, 0.717) is 35.1 Å². The van der Waals surface area contributed by atoms with Crippen molar-refractivity contribution in [2.24, 2.45) is 5.10 Å². The number of furan rings is 1. The Balaban J connectivity index is 1.27. The molecule has 4 rings (SSSR count). The van der Waals surface area contributed by atoms with Crippen molar-refractivity contribution in [2.45, 2.75) is 44.6 Å². The van der Waals surface area contributed by atoms with Crippen LogP contribution in [0.5, 0.6) is 0 Å². The number of rotatable bonds is 11. The van der Waals surface area contributed by atoms with Gasteiger partial charge in [0.05, 0.1) is 12.3 Å². The second kappa shape index (κ2) is 13.8. The number of likely N-dealkylation sites (tertiary alicyclic amines) is 1. The molecule has 2 aromatic carbocycles. The molecular formula is C29H33ClN4O3. The smallest absolute Gasteiger partial charge is 0.257 e. The monoisotopic (exact) mass is 520 g/mol. The summed E-state index contributed by atoms with van der Waals surface area (Å²) in [6.45, 7) is 2.40. The number of nitrogens with one attached hydrogen (secondary N) is 2.